The van der Waals surface area contributed by atoms with E-state index < -0.39 is 29.4 Å². The molecule has 10 heteroatoms. The number of carbonyl (C=O) groups is 1. The van der Waals surface area contributed by atoms with E-state index >= 15 is 0 Å². The molecule has 0 saturated carbocycles. The van der Waals surface area contributed by atoms with Crippen LogP contribution in [0.3, 0.4) is 0 Å². The van der Waals surface area contributed by atoms with Gasteiger partial charge in [0.15, 0.2) is 11.9 Å². The maximum atomic E-state index is 13.3. The van der Waals surface area contributed by atoms with Crippen LogP contribution in [0.15, 0.2) is 82.7 Å². The summed E-state index contributed by atoms with van der Waals surface area (Å²) in [6, 6.07) is 17.3. The Morgan fingerprint density at radius 3 is 2.57 bits per heavy atom. The number of para-hydroxylation sites is 1. The fourth-order valence-electron chi connectivity index (χ4n) is 3.30. The summed E-state index contributed by atoms with van der Waals surface area (Å²) in [6.45, 7) is 1.38. The van der Waals surface area contributed by atoms with E-state index in [0.29, 0.717) is 11.1 Å². The van der Waals surface area contributed by atoms with Gasteiger partial charge in [0.25, 0.3) is 5.56 Å². The number of rotatable bonds is 6. The topological polar surface area (TPSA) is 93.8 Å². The monoisotopic (exact) mass is 481 g/mol. The Hall–Kier alpha value is -4.47. The van der Waals surface area contributed by atoms with E-state index in [4.69, 9.17) is 9.84 Å². The Morgan fingerprint density at radius 1 is 1.09 bits per heavy atom. The van der Waals surface area contributed by atoms with Crippen molar-refractivity contribution in [3.8, 4) is 17.1 Å². The van der Waals surface area contributed by atoms with Crippen molar-refractivity contribution in [3.63, 3.8) is 0 Å². The lowest BCUT2D eigenvalue weighted by Crippen LogP contribution is -2.22. The van der Waals surface area contributed by atoms with Crippen molar-refractivity contribution >= 4 is 23.1 Å². The van der Waals surface area contributed by atoms with Crippen LogP contribution >= 0.6 is 0 Å². The van der Waals surface area contributed by atoms with Crippen LogP contribution in [0.25, 0.3) is 22.3 Å². The molecule has 0 bridgehead atoms. The molecular formula is C25H18F3N3O4. The first-order valence-corrected chi connectivity index (χ1v) is 10.4. The summed E-state index contributed by atoms with van der Waals surface area (Å²) in [6.07, 6.45) is -4.34. The fraction of sp³-hybridized carbons (Fsp3) is 0.120. The lowest BCUT2D eigenvalue weighted by atomic mass is 10.1. The van der Waals surface area contributed by atoms with Crippen molar-refractivity contribution in [2.24, 2.45) is 5.10 Å². The van der Waals surface area contributed by atoms with E-state index in [1.54, 1.807) is 42.5 Å². The molecule has 0 amide bonds. The van der Waals surface area contributed by atoms with Gasteiger partial charge in [0.05, 0.1) is 22.7 Å². The molecule has 1 aromatic heterocycles. The molecular weight excluding hydrogens is 463 g/mol. The fourth-order valence-corrected chi connectivity index (χ4v) is 3.30. The number of ether oxygens (including phenoxy) is 1. The molecule has 4 aromatic rings. The number of alkyl halides is 3. The maximum absolute atomic E-state index is 13.3. The number of fused-ring (bicyclic) bond motifs is 1. The van der Waals surface area contributed by atoms with Gasteiger partial charge in [-0.3, -0.25) is 4.79 Å². The molecule has 0 aliphatic rings. The molecule has 3 aromatic carbocycles. The predicted molar refractivity (Wildman–Crippen MR) is 124 cm³/mol. The van der Waals surface area contributed by atoms with E-state index in [-0.39, 0.29) is 22.5 Å². The Morgan fingerprint density at radius 2 is 1.83 bits per heavy atom. The third-order valence-electron chi connectivity index (χ3n) is 5.04. The van der Waals surface area contributed by atoms with Gasteiger partial charge in [0, 0.05) is 5.56 Å². The molecule has 1 atom stereocenters. The van der Waals surface area contributed by atoms with Gasteiger partial charge in [0.1, 0.15) is 5.75 Å². The number of halogens is 3. The molecule has 1 N–H and O–H groups in total. The van der Waals surface area contributed by atoms with Crippen LogP contribution in [0, 0.1) is 0 Å². The molecule has 0 fully saturated rings. The van der Waals surface area contributed by atoms with E-state index in [1.807, 2.05) is 0 Å². The molecule has 0 aliphatic carbocycles. The third-order valence-corrected chi connectivity index (χ3v) is 5.04. The molecule has 1 heterocycles. The van der Waals surface area contributed by atoms with E-state index in [9.17, 15) is 22.8 Å². The zero-order valence-electron chi connectivity index (χ0n) is 18.2. The predicted octanol–water partition coefficient (Wildman–Crippen LogP) is 4.82. The number of hydrogen-bond donors (Lipinski definition) is 1. The highest BCUT2D eigenvalue weighted by molar-refractivity contribution is 5.82. The molecule has 0 radical (unpaired) electrons. The van der Waals surface area contributed by atoms with Crippen molar-refractivity contribution in [2.45, 2.75) is 19.2 Å². The number of carboxylic acids is 1. The largest absolute Gasteiger partial charge is 0.479 e. The number of benzene rings is 3. The van der Waals surface area contributed by atoms with Gasteiger partial charge in [-0.25, -0.2) is 9.78 Å². The molecule has 7 nitrogen and oxygen atoms in total. The number of hydrogen-bond acceptors (Lipinski definition) is 5. The molecule has 0 saturated heterocycles. The van der Waals surface area contributed by atoms with Gasteiger partial charge in [-0.2, -0.15) is 22.9 Å². The summed E-state index contributed by atoms with van der Waals surface area (Å²) in [4.78, 5) is 28.7. The summed E-state index contributed by atoms with van der Waals surface area (Å²) in [5.41, 5.74) is -0.603. The average molecular weight is 481 g/mol. The van der Waals surface area contributed by atoms with Crippen LogP contribution in [-0.2, 0) is 11.0 Å². The minimum atomic E-state index is -4.57. The van der Waals surface area contributed by atoms with Gasteiger partial charge in [-0.1, -0.05) is 36.4 Å². The molecule has 35 heavy (non-hydrogen) atoms. The van der Waals surface area contributed by atoms with E-state index in [0.717, 1.165) is 16.8 Å². The smallest absolute Gasteiger partial charge is 0.416 e. The van der Waals surface area contributed by atoms with Crippen molar-refractivity contribution in [2.75, 3.05) is 0 Å². The first-order chi connectivity index (χ1) is 16.6. The highest BCUT2D eigenvalue weighted by Gasteiger charge is 2.31. The van der Waals surface area contributed by atoms with Crippen molar-refractivity contribution in [3.05, 3.63) is 94.3 Å². The summed E-state index contributed by atoms with van der Waals surface area (Å²) < 4.78 is 46.2. The second-order valence-corrected chi connectivity index (χ2v) is 7.56. The molecule has 4 rings (SSSR count). The van der Waals surface area contributed by atoms with Crippen LogP contribution in [0.1, 0.15) is 18.1 Å². The first kappa shape index (κ1) is 23.7. The lowest BCUT2D eigenvalue weighted by molar-refractivity contribution is -0.144. The van der Waals surface area contributed by atoms with Crippen molar-refractivity contribution in [1.82, 2.24) is 9.66 Å². The van der Waals surface area contributed by atoms with Crippen LogP contribution < -0.4 is 10.3 Å². The van der Waals surface area contributed by atoms with Crippen LogP contribution in [0.4, 0.5) is 13.2 Å². The minimum absolute atomic E-state index is 0.0622. The van der Waals surface area contributed by atoms with Crippen LogP contribution in [0.5, 0.6) is 5.75 Å². The standard InChI is InChI=1S/C25H18F3N3O4/c1-15(24(33)34)35-19-9-4-6-16(12-19)14-29-31-22(17-7-5-8-18(13-17)25(26,27)28)30-21-11-3-2-10-20(21)23(31)32/h2-15H,1H3,(H,33,34)/t15-/m1/s1. The third kappa shape index (κ3) is 5.21. The van der Waals surface area contributed by atoms with Crippen molar-refractivity contribution in [1.29, 1.82) is 0 Å². The van der Waals surface area contributed by atoms with Crippen LogP contribution in [0.2, 0.25) is 0 Å². The Balaban J connectivity index is 1.82. The number of carboxylic acid groups (broad SMARTS) is 1. The summed E-state index contributed by atoms with van der Waals surface area (Å²) >= 11 is 0. The van der Waals surface area contributed by atoms with E-state index in [2.05, 4.69) is 10.1 Å². The lowest BCUT2D eigenvalue weighted by Gasteiger charge is -2.12. The van der Waals surface area contributed by atoms with Gasteiger partial charge in [-0.05, 0) is 48.9 Å². The van der Waals surface area contributed by atoms with E-state index in [1.165, 1.54) is 31.3 Å². The quantitative estimate of drug-likeness (QED) is 0.399. The number of aliphatic carboxylic acids is 1. The Kier molecular flexibility index (Phi) is 6.37. The molecule has 0 spiro atoms. The number of aromatic nitrogens is 2. The molecule has 0 unspecified atom stereocenters. The van der Waals surface area contributed by atoms with Crippen molar-refractivity contribution < 1.29 is 27.8 Å². The zero-order valence-corrected chi connectivity index (χ0v) is 18.2. The van der Waals surface area contributed by atoms with Gasteiger partial charge < -0.3 is 9.84 Å². The van der Waals surface area contributed by atoms with Crippen LogP contribution in [-0.4, -0.2) is 33.1 Å². The Bertz CT molecular complexity index is 1500. The highest BCUT2D eigenvalue weighted by Crippen LogP contribution is 2.32. The second-order valence-electron chi connectivity index (χ2n) is 7.56. The van der Waals surface area contributed by atoms with Gasteiger partial charge in [-0.15, -0.1) is 0 Å². The summed E-state index contributed by atoms with van der Waals surface area (Å²) in [7, 11) is 0. The average Bonchev–Trinajstić information content (AvgIpc) is 2.83. The minimum Gasteiger partial charge on any atom is -0.479 e. The maximum Gasteiger partial charge on any atom is 0.416 e. The first-order valence-electron chi connectivity index (χ1n) is 10.4. The Labute approximate surface area is 196 Å². The van der Waals surface area contributed by atoms with Gasteiger partial charge in [0.2, 0.25) is 0 Å². The summed E-state index contributed by atoms with van der Waals surface area (Å²) in [5.74, 6) is -0.933. The molecule has 178 valence electrons. The van der Waals surface area contributed by atoms with Gasteiger partial charge >= 0.3 is 12.1 Å². The SMILES string of the molecule is C[C@@H](Oc1cccc(C=Nn2c(-c3cccc(C(F)(F)F)c3)nc3ccccc3c2=O)c1)C(=O)O. The highest BCUT2D eigenvalue weighted by atomic mass is 19.4. The normalized spacial score (nSPS) is 12.7. The number of nitrogens with zero attached hydrogens (tertiary/aromatic N) is 3. The zero-order chi connectivity index (χ0) is 25.2. The molecule has 0 aliphatic heterocycles. The summed E-state index contributed by atoms with van der Waals surface area (Å²) in [5, 5.41) is 13.5. The second kappa shape index (κ2) is 9.41.